The minimum atomic E-state index is 0.717. The fourth-order valence-corrected chi connectivity index (χ4v) is 2.58. The maximum atomic E-state index is 5.40. The van der Waals surface area contributed by atoms with E-state index in [0.717, 1.165) is 32.7 Å². The van der Waals surface area contributed by atoms with E-state index in [4.69, 9.17) is 4.74 Å². The van der Waals surface area contributed by atoms with Gasteiger partial charge in [-0.05, 0) is 25.7 Å². The predicted molar refractivity (Wildman–Crippen MR) is 62.6 cm³/mol. The Hall–Kier alpha value is -0.760. The average molecular weight is 207 g/mol. The number of rotatable bonds is 3. The molecule has 0 bridgehead atoms. The first-order chi connectivity index (χ1) is 7.42. The Bertz CT molecular complexity index is 241. The zero-order chi connectivity index (χ0) is 10.5. The molecule has 1 aliphatic carbocycles. The van der Waals surface area contributed by atoms with E-state index in [0.29, 0.717) is 5.92 Å². The largest absolute Gasteiger partial charge is 0.378 e. The maximum absolute atomic E-state index is 5.40. The van der Waals surface area contributed by atoms with E-state index >= 15 is 0 Å². The zero-order valence-electron chi connectivity index (χ0n) is 9.45. The van der Waals surface area contributed by atoms with E-state index in [2.05, 4.69) is 23.6 Å². The van der Waals surface area contributed by atoms with Crippen molar-refractivity contribution >= 4 is 0 Å². The van der Waals surface area contributed by atoms with Crippen LogP contribution < -0.4 is 0 Å². The molecule has 0 spiro atoms. The van der Waals surface area contributed by atoms with Crippen molar-refractivity contribution in [1.29, 1.82) is 0 Å². The molecule has 1 heterocycles. The highest BCUT2D eigenvalue weighted by Gasteiger charge is 2.22. The molecule has 0 amide bonds. The van der Waals surface area contributed by atoms with Gasteiger partial charge in [-0.15, -0.1) is 6.58 Å². The van der Waals surface area contributed by atoms with Crippen molar-refractivity contribution < 1.29 is 4.74 Å². The summed E-state index contributed by atoms with van der Waals surface area (Å²) in [7, 11) is 0. The predicted octanol–water partition coefficient (Wildman–Crippen LogP) is 2.58. The van der Waals surface area contributed by atoms with Crippen molar-refractivity contribution in [1.82, 2.24) is 4.90 Å². The van der Waals surface area contributed by atoms with Crippen molar-refractivity contribution in [3.8, 4) is 0 Å². The summed E-state index contributed by atoms with van der Waals surface area (Å²) >= 11 is 0. The first-order valence-corrected chi connectivity index (χ1v) is 6.05. The van der Waals surface area contributed by atoms with Crippen LogP contribution in [0.3, 0.4) is 0 Å². The molecule has 1 fully saturated rings. The highest BCUT2D eigenvalue weighted by atomic mass is 16.5. The Morgan fingerprint density at radius 3 is 3.00 bits per heavy atom. The van der Waals surface area contributed by atoms with Crippen LogP contribution in [-0.2, 0) is 4.74 Å². The Morgan fingerprint density at radius 1 is 1.47 bits per heavy atom. The standard InChI is InChI=1S/C13H21NO/c1-2-5-12-6-3-4-7-13(12)14-8-10-15-11-9-14/h2,7,12H,1,3-6,8-11H2. The van der Waals surface area contributed by atoms with E-state index < -0.39 is 0 Å². The molecule has 2 nitrogen and oxygen atoms in total. The lowest BCUT2D eigenvalue weighted by Crippen LogP contribution is -2.38. The Labute approximate surface area is 92.6 Å². The van der Waals surface area contributed by atoms with Crippen molar-refractivity contribution in [3.63, 3.8) is 0 Å². The quantitative estimate of drug-likeness (QED) is 0.659. The van der Waals surface area contributed by atoms with Crippen LogP contribution in [0, 0.1) is 5.92 Å². The first-order valence-electron chi connectivity index (χ1n) is 6.05. The summed E-state index contributed by atoms with van der Waals surface area (Å²) in [4.78, 5) is 2.51. The summed E-state index contributed by atoms with van der Waals surface area (Å²) in [5.74, 6) is 0.717. The summed E-state index contributed by atoms with van der Waals surface area (Å²) in [6, 6.07) is 0. The van der Waals surface area contributed by atoms with Crippen LogP contribution in [0.4, 0.5) is 0 Å². The second-order valence-corrected chi connectivity index (χ2v) is 4.38. The van der Waals surface area contributed by atoms with Gasteiger partial charge in [-0.3, -0.25) is 0 Å². The molecule has 2 aliphatic rings. The van der Waals surface area contributed by atoms with Gasteiger partial charge in [0.2, 0.25) is 0 Å². The van der Waals surface area contributed by atoms with E-state index in [-0.39, 0.29) is 0 Å². The summed E-state index contributed by atoms with van der Waals surface area (Å²) in [5, 5.41) is 0. The second kappa shape index (κ2) is 5.36. The molecule has 2 rings (SSSR count). The summed E-state index contributed by atoms with van der Waals surface area (Å²) < 4.78 is 5.40. The minimum Gasteiger partial charge on any atom is -0.378 e. The third-order valence-corrected chi connectivity index (χ3v) is 3.36. The van der Waals surface area contributed by atoms with Gasteiger partial charge in [0, 0.05) is 24.7 Å². The molecule has 1 atom stereocenters. The van der Waals surface area contributed by atoms with Crippen LogP contribution >= 0.6 is 0 Å². The number of morpholine rings is 1. The molecule has 1 unspecified atom stereocenters. The molecule has 84 valence electrons. The number of hydrogen-bond donors (Lipinski definition) is 0. The van der Waals surface area contributed by atoms with Gasteiger partial charge in [-0.2, -0.15) is 0 Å². The van der Waals surface area contributed by atoms with Crippen LogP contribution in [0.5, 0.6) is 0 Å². The van der Waals surface area contributed by atoms with Crippen LogP contribution in [0.15, 0.2) is 24.4 Å². The lowest BCUT2D eigenvalue weighted by Gasteiger charge is -2.36. The number of nitrogens with zero attached hydrogens (tertiary/aromatic N) is 1. The Balaban J connectivity index is 2.02. The number of allylic oxidation sites excluding steroid dienone is 3. The fourth-order valence-electron chi connectivity index (χ4n) is 2.58. The van der Waals surface area contributed by atoms with Crippen molar-refractivity contribution in [3.05, 3.63) is 24.4 Å². The maximum Gasteiger partial charge on any atom is 0.0642 e. The van der Waals surface area contributed by atoms with Gasteiger partial charge >= 0.3 is 0 Å². The molecule has 1 saturated heterocycles. The van der Waals surface area contributed by atoms with E-state index in [1.54, 1.807) is 5.70 Å². The van der Waals surface area contributed by atoms with E-state index in [1.165, 1.54) is 19.3 Å². The van der Waals surface area contributed by atoms with Crippen molar-refractivity contribution in [2.45, 2.75) is 25.7 Å². The van der Waals surface area contributed by atoms with Gasteiger partial charge in [-0.1, -0.05) is 12.2 Å². The lowest BCUT2D eigenvalue weighted by atomic mass is 9.88. The van der Waals surface area contributed by atoms with Crippen LogP contribution in [-0.4, -0.2) is 31.2 Å². The Kier molecular flexibility index (Phi) is 3.84. The van der Waals surface area contributed by atoms with Gasteiger partial charge in [0.25, 0.3) is 0 Å². The monoisotopic (exact) mass is 207 g/mol. The lowest BCUT2D eigenvalue weighted by molar-refractivity contribution is 0.0471. The highest BCUT2D eigenvalue weighted by molar-refractivity contribution is 5.11. The normalized spacial score (nSPS) is 27.3. The molecule has 0 aromatic rings. The van der Waals surface area contributed by atoms with Gasteiger partial charge < -0.3 is 9.64 Å². The fraction of sp³-hybridized carbons (Fsp3) is 0.692. The number of ether oxygens (including phenoxy) is 1. The van der Waals surface area contributed by atoms with Gasteiger partial charge in [0.1, 0.15) is 0 Å². The summed E-state index contributed by atoms with van der Waals surface area (Å²) in [5.41, 5.74) is 1.56. The van der Waals surface area contributed by atoms with Gasteiger partial charge in [0.15, 0.2) is 0 Å². The minimum absolute atomic E-state index is 0.717. The first kappa shape index (κ1) is 10.7. The topological polar surface area (TPSA) is 12.5 Å². The molecule has 15 heavy (non-hydrogen) atoms. The zero-order valence-corrected chi connectivity index (χ0v) is 9.45. The second-order valence-electron chi connectivity index (χ2n) is 4.38. The Morgan fingerprint density at radius 2 is 2.27 bits per heavy atom. The molecular weight excluding hydrogens is 186 g/mol. The van der Waals surface area contributed by atoms with Crippen LogP contribution in [0.2, 0.25) is 0 Å². The third-order valence-electron chi connectivity index (χ3n) is 3.36. The molecule has 0 N–H and O–H groups in total. The van der Waals surface area contributed by atoms with E-state index in [1.807, 2.05) is 0 Å². The van der Waals surface area contributed by atoms with Gasteiger partial charge in [0.05, 0.1) is 13.2 Å². The number of hydrogen-bond acceptors (Lipinski definition) is 2. The van der Waals surface area contributed by atoms with Crippen LogP contribution in [0.25, 0.3) is 0 Å². The summed E-state index contributed by atoms with van der Waals surface area (Å²) in [6.07, 6.45) is 9.54. The SMILES string of the molecule is C=CCC1CCCC=C1N1CCOCC1. The highest BCUT2D eigenvalue weighted by Crippen LogP contribution is 2.30. The van der Waals surface area contributed by atoms with Crippen molar-refractivity contribution in [2.24, 2.45) is 5.92 Å². The third kappa shape index (κ3) is 2.63. The molecule has 0 saturated carbocycles. The summed E-state index contributed by atoms with van der Waals surface area (Å²) in [6.45, 7) is 7.78. The van der Waals surface area contributed by atoms with Crippen LogP contribution in [0.1, 0.15) is 25.7 Å². The molecule has 0 aromatic heterocycles. The van der Waals surface area contributed by atoms with E-state index in [9.17, 15) is 0 Å². The molecule has 2 heteroatoms. The molecule has 0 radical (unpaired) electrons. The molecular formula is C13H21NO. The van der Waals surface area contributed by atoms with Gasteiger partial charge in [-0.25, -0.2) is 0 Å². The van der Waals surface area contributed by atoms with Crippen molar-refractivity contribution in [2.75, 3.05) is 26.3 Å². The average Bonchev–Trinajstić information content (AvgIpc) is 2.31. The molecule has 0 aromatic carbocycles. The smallest absolute Gasteiger partial charge is 0.0642 e. The molecule has 1 aliphatic heterocycles.